The lowest BCUT2D eigenvalue weighted by molar-refractivity contribution is 0.592. The molecule has 588 valence electrons. The van der Waals surface area contributed by atoms with Crippen molar-refractivity contribution >= 4 is 68.2 Å². The molecule has 0 amide bonds. The van der Waals surface area contributed by atoms with Crippen LogP contribution < -0.4 is 19.6 Å². The van der Waals surface area contributed by atoms with Gasteiger partial charge < -0.3 is 28.4 Å². The summed E-state index contributed by atoms with van der Waals surface area (Å²) in [6.07, 6.45) is 7.55. The van der Waals surface area contributed by atoms with Crippen LogP contribution in [0.1, 0.15) is 99.9 Å². The molecule has 0 atom stereocenters. The van der Waals surface area contributed by atoms with E-state index in [1.165, 1.54) is 77.9 Å². The quantitative estimate of drug-likeness (QED) is 0.0948. The molecule has 4 heterocycles. The van der Waals surface area contributed by atoms with E-state index in [4.69, 9.17) is 8.83 Å². The van der Waals surface area contributed by atoms with Gasteiger partial charge >= 0.3 is 0 Å². The number of para-hydroxylation sites is 4. The van der Waals surface area contributed by atoms with Crippen molar-refractivity contribution in [2.45, 2.75) is 77.0 Å². The monoisotopic (exact) mass is 1570 g/mol. The Morgan fingerprint density at radius 3 is 0.730 bits per heavy atom. The van der Waals surface area contributed by atoms with Crippen molar-refractivity contribution < 1.29 is 8.83 Å². The first kappa shape index (κ1) is 74.7. The van der Waals surface area contributed by atoms with Gasteiger partial charge in [0.25, 0.3) is 0 Å². The molecule has 0 unspecified atom stereocenters. The van der Waals surface area contributed by atoms with Gasteiger partial charge in [-0.2, -0.15) is 0 Å². The summed E-state index contributed by atoms with van der Waals surface area (Å²) < 4.78 is 14.3. The zero-order chi connectivity index (χ0) is 82.6. The molecule has 18 aromatic rings. The highest BCUT2D eigenvalue weighted by Gasteiger charge is 2.52. The molecule has 4 aliphatic rings. The average molecular weight is 1580 g/mol. The number of benzene rings is 14. The van der Waals surface area contributed by atoms with E-state index in [1.54, 1.807) is 0 Å². The van der Waals surface area contributed by atoms with Crippen LogP contribution in [0.5, 0.6) is 0 Å². The SMILES string of the molecule is CC1(C)c2cc(N(c3ccccc3)c3ccc(-c4ccccc4)cc3)ccc2-c2oc3c(c21)C(C)(C)c1cc(N(c2ccccc2)c2ccc(-c4ccccc4)cc2)ccc1-3.CC1(C)c2cc(N(c3cccnc3)c3ccccc3-c3ccccc3)ccc2-c2oc3c(c21)C(C)(C)c1cc(N(c2cccnc2)c2ccccc2-c2ccccc2)ccc1-3. The topological polar surface area (TPSA) is 65.0 Å². The standard InChI is InChI=1S/C58H46N2O.C56H44N4O/c1-57(2)51-37-47(59(43-21-13-7-14-22-43)45-29-25-41(26-30-45)39-17-9-5-10-18-39)33-35-49(51)55-53(57)54-56(61-55)50-36-34-48(38-52(50)58(54,3)4)60(44-23-15-8-16-24-44)46-31-27-42(28-32-46)40-19-11-6-12-20-40;1-55(2)47-33-39(59(41-21-15-31-57-35-41)49-25-13-11-23-43(49)37-17-7-5-8-18-37)27-29-45(47)53-51(55)52-54(61-53)46-30-28-40(34-48(46)56(52,3)4)60(42-22-16-32-58-36-42)50-26-14-12-24-44(50)38-19-9-6-10-20-38/h5-38H,1-4H3;5-36H,1-4H3. The van der Waals surface area contributed by atoms with Gasteiger partial charge in [0, 0.05) is 135 Å². The minimum atomic E-state index is -0.337. The molecule has 4 aliphatic carbocycles. The third-order valence-electron chi connectivity index (χ3n) is 25.8. The molecule has 0 saturated heterocycles. The van der Waals surface area contributed by atoms with E-state index in [0.717, 1.165) is 125 Å². The van der Waals surface area contributed by atoms with Crippen molar-refractivity contribution in [2.24, 2.45) is 0 Å². The van der Waals surface area contributed by atoms with Crippen LogP contribution in [0.4, 0.5) is 68.2 Å². The Labute approximate surface area is 714 Å². The predicted octanol–water partition coefficient (Wildman–Crippen LogP) is 31.1. The minimum absolute atomic E-state index is 0.296. The number of hydrogen-bond donors (Lipinski definition) is 0. The third-order valence-corrected chi connectivity index (χ3v) is 25.8. The van der Waals surface area contributed by atoms with Crippen LogP contribution >= 0.6 is 0 Å². The zero-order valence-electron chi connectivity index (χ0n) is 69.6. The Kier molecular flexibility index (Phi) is 18.1. The van der Waals surface area contributed by atoms with E-state index >= 15 is 0 Å². The Hall–Kier alpha value is -14.9. The Balaban J connectivity index is 0.000000150. The molecular weight excluding hydrogens is 1490 g/mol. The number of anilines is 12. The second kappa shape index (κ2) is 29.6. The number of fused-ring (bicyclic) bond motifs is 14. The highest BCUT2D eigenvalue weighted by atomic mass is 16.3. The summed E-state index contributed by atoms with van der Waals surface area (Å²) in [5.41, 5.74) is 36.1. The van der Waals surface area contributed by atoms with E-state index < -0.39 is 0 Å². The summed E-state index contributed by atoms with van der Waals surface area (Å²) >= 11 is 0. The fraction of sp³-hybridized carbons (Fsp3) is 0.105. The van der Waals surface area contributed by atoms with Crippen LogP contribution in [0.3, 0.4) is 0 Å². The number of rotatable bonds is 16. The largest absolute Gasteiger partial charge is 0.455 e. The van der Waals surface area contributed by atoms with Gasteiger partial charge in [-0.3, -0.25) is 9.97 Å². The lowest BCUT2D eigenvalue weighted by Gasteiger charge is -2.31. The van der Waals surface area contributed by atoms with Crippen molar-refractivity contribution in [3.63, 3.8) is 0 Å². The van der Waals surface area contributed by atoms with Crippen LogP contribution in [0.15, 0.2) is 410 Å². The van der Waals surface area contributed by atoms with E-state index in [0.29, 0.717) is 0 Å². The van der Waals surface area contributed by atoms with Crippen LogP contribution in [0.25, 0.3) is 89.8 Å². The number of pyridine rings is 2. The average Bonchev–Trinajstić information content (AvgIpc) is 1.52. The first-order chi connectivity index (χ1) is 59.6. The maximum atomic E-state index is 7.14. The Morgan fingerprint density at radius 2 is 0.434 bits per heavy atom. The van der Waals surface area contributed by atoms with Gasteiger partial charge in [-0.1, -0.05) is 274 Å². The maximum Gasteiger partial charge on any atom is 0.139 e. The smallest absolute Gasteiger partial charge is 0.139 e. The summed E-state index contributed by atoms with van der Waals surface area (Å²) in [6, 6.07) is 135. The predicted molar refractivity (Wildman–Crippen MR) is 504 cm³/mol. The van der Waals surface area contributed by atoms with Gasteiger partial charge in [0.05, 0.1) is 35.1 Å². The number of nitrogens with zero attached hydrogens (tertiary/aromatic N) is 6. The first-order valence-corrected chi connectivity index (χ1v) is 42.2. The summed E-state index contributed by atoms with van der Waals surface area (Å²) in [5.74, 6) is 3.96. The van der Waals surface area contributed by atoms with Crippen molar-refractivity contribution in [3.05, 3.63) is 445 Å². The number of aromatic nitrogens is 2. The molecular formula is C114H90N6O2. The highest BCUT2D eigenvalue weighted by molar-refractivity contribution is 5.97. The first-order valence-electron chi connectivity index (χ1n) is 42.2. The van der Waals surface area contributed by atoms with Crippen LogP contribution in [0.2, 0.25) is 0 Å². The van der Waals surface area contributed by atoms with Gasteiger partial charge in [0.1, 0.15) is 23.0 Å². The molecule has 0 fully saturated rings. The molecule has 0 bridgehead atoms. The Morgan fingerprint density at radius 1 is 0.197 bits per heavy atom. The fourth-order valence-electron chi connectivity index (χ4n) is 19.9. The lowest BCUT2D eigenvalue weighted by atomic mass is 9.74. The van der Waals surface area contributed by atoms with E-state index in [1.807, 2.05) is 36.9 Å². The molecule has 14 aromatic carbocycles. The maximum absolute atomic E-state index is 7.14. The Bertz CT molecular complexity index is 6550. The molecule has 0 N–H and O–H groups in total. The van der Waals surface area contributed by atoms with Crippen molar-refractivity contribution in [2.75, 3.05) is 19.6 Å². The summed E-state index contributed by atoms with van der Waals surface area (Å²) in [6.45, 7) is 18.9. The molecule has 0 saturated carbocycles. The fourth-order valence-corrected chi connectivity index (χ4v) is 19.9. The molecule has 22 rings (SSSR count). The van der Waals surface area contributed by atoms with Crippen molar-refractivity contribution in [1.82, 2.24) is 9.97 Å². The lowest BCUT2D eigenvalue weighted by Crippen LogP contribution is -2.23. The zero-order valence-corrected chi connectivity index (χ0v) is 69.6. The van der Waals surface area contributed by atoms with Crippen molar-refractivity contribution in [3.8, 4) is 89.8 Å². The second-order valence-corrected chi connectivity index (χ2v) is 34.5. The molecule has 8 nitrogen and oxygen atoms in total. The van der Waals surface area contributed by atoms with E-state index in [9.17, 15) is 0 Å². The number of hydrogen-bond acceptors (Lipinski definition) is 8. The van der Waals surface area contributed by atoms with Crippen LogP contribution in [0, 0.1) is 0 Å². The minimum Gasteiger partial charge on any atom is -0.455 e. The van der Waals surface area contributed by atoms with Gasteiger partial charge in [0.15, 0.2) is 0 Å². The summed E-state index contributed by atoms with van der Waals surface area (Å²) in [7, 11) is 0. The van der Waals surface area contributed by atoms with Gasteiger partial charge in [-0.25, -0.2) is 0 Å². The van der Waals surface area contributed by atoms with Crippen LogP contribution in [-0.4, -0.2) is 9.97 Å². The second-order valence-electron chi connectivity index (χ2n) is 34.5. The normalized spacial score (nSPS) is 13.8. The molecule has 0 aliphatic heterocycles. The molecule has 122 heavy (non-hydrogen) atoms. The van der Waals surface area contributed by atoms with Gasteiger partial charge in [0.2, 0.25) is 0 Å². The van der Waals surface area contributed by atoms with E-state index in [-0.39, 0.29) is 21.7 Å². The molecule has 4 aromatic heterocycles. The molecule has 0 radical (unpaired) electrons. The highest BCUT2D eigenvalue weighted by Crippen LogP contribution is 2.65. The molecule has 8 heteroatoms. The molecule has 0 spiro atoms. The van der Waals surface area contributed by atoms with Crippen molar-refractivity contribution in [1.29, 1.82) is 0 Å². The van der Waals surface area contributed by atoms with Gasteiger partial charge in [-0.05, 0) is 213 Å². The third kappa shape index (κ3) is 12.4. The van der Waals surface area contributed by atoms with Crippen LogP contribution in [-0.2, 0) is 21.7 Å². The number of furan rings is 2. The summed E-state index contributed by atoms with van der Waals surface area (Å²) in [5, 5.41) is 0. The summed E-state index contributed by atoms with van der Waals surface area (Å²) in [4.78, 5) is 18.5. The van der Waals surface area contributed by atoms with E-state index in [2.05, 4.69) is 449 Å². The van der Waals surface area contributed by atoms with Gasteiger partial charge in [-0.15, -0.1) is 0 Å².